The molecule has 1 saturated carbocycles. The molecular formula is C15H23NO2. The summed E-state index contributed by atoms with van der Waals surface area (Å²) in [5, 5.41) is 9.21. The molecule has 0 aliphatic heterocycles. The van der Waals surface area contributed by atoms with Crippen LogP contribution in [0.25, 0.3) is 0 Å². The van der Waals surface area contributed by atoms with Crippen LogP contribution in [-0.2, 0) is 0 Å². The van der Waals surface area contributed by atoms with Gasteiger partial charge >= 0.3 is 5.97 Å². The second-order valence-electron chi connectivity index (χ2n) is 5.64. The topological polar surface area (TPSA) is 42.2 Å². The van der Waals surface area contributed by atoms with Crippen molar-refractivity contribution in [3.63, 3.8) is 0 Å². The molecule has 0 spiro atoms. The third-order valence-electron chi connectivity index (χ3n) is 4.36. The zero-order valence-electron chi connectivity index (χ0n) is 11.6. The Morgan fingerprint density at radius 3 is 2.56 bits per heavy atom. The minimum absolute atomic E-state index is 0.462. The standard InChI is InChI=1S/C15H23NO2/c1-10-7-5-4-6-8-14(10)16-11(2)9-13(12(16)3)15(17)18/h9-10,14H,4-8H2,1-3H3,(H,17,18). The summed E-state index contributed by atoms with van der Waals surface area (Å²) in [5.74, 6) is -0.172. The first-order valence-electron chi connectivity index (χ1n) is 6.94. The molecule has 1 aromatic heterocycles. The number of nitrogens with zero attached hydrogens (tertiary/aromatic N) is 1. The van der Waals surface area contributed by atoms with E-state index in [1.807, 2.05) is 19.9 Å². The van der Waals surface area contributed by atoms with E-state index in [0.717, 1.165) is 11.4 Å². The fourth-order valence-corrected chi connectivity index (χ4v) is 3.36. The molecule has 2 unspecified atom stereocenters. The summed E-state index contributed by atoms with van der Waals surface area (Å²) in [5.41, 5.74) is 2.46. The maximum Gasteiger partial charge on any atom is 0.337 e. The van der Waals surface area contributed by atoms with Gasteiger partial charge in [-0.15, -0.1) is 0 Å². The Morgan fingerprint density at radius 2 is 1.94 bits per heavy atom. The molecule has 0 aromatic carbocycles. The molecule has 18 heavy (non-hydrogen) atoms. The number of aryl methyl sites for hydroxylation is 1. The average molecular weight is 249 g/mol. The largest absolute Gasteiger partial charge is 0.478 e. The number of hydrogen-bond donors (Lipinski definition) is 1. The zero-order valence-corrected chi connectivity index (χ0v) is 11.6. The van der Waals surface area contributed by atoms with Crippen molar-refractivity contribution in [1.29, 1.82) is 0 Å². The van der Waals surface area contributed by atoms with E-state index in [1.54, 1.807) is 0 Å². The van der Waals surface area contributed by atoms with E-state index < -0.39 is 5.97 Å². The lowest BCUT2D eigenvalue weighted by molar-refractivity contribution is 0.0695. The van der Waals surface area contributed by atoms with Crippen molar-refractivity contribution < 1.29 is 9.90 Å². The summed E-state index contributed by atoms with van der Waals surface area (Å²) < 4.78 is 2.26. The Balaban J connectivity index is 2.40. The van der Waals surface area contributed by atoms with E-state index in [9.17, 15) is 9.90 Å². The molecule has 0 radical (unpaired) electrons. The van der Waals surface area contributed by atoms with Crippen LogP contribution in [0.2, 0.25) is 0 Å². The summed E-state index contributed by atoms with van der Waals surface area (Å²) in [6, 6.07) is 2.29. The molecule has 0 saturated heterocycles. The lowest BCUT2D eigenvalue weighted by atomic mass is 9.96. The van der Waals surface area contributed by atoms with Gasteiger partial charge in [0, 0.05) is 17.4 Å². The predicted octanol–water partition coefficient (Wildman–Crippen LogP) is 3.94. The zero-order chi connectivity index (χ0) is 13.3. The van der Waals surface area contributed by atoms with Gasteiger partial charge in [0.1, 0.15) is 0 Å². The third kappa shape index (κ3) is 2.31. The molecule has 3 nitrogen and oxygen atoms in total. The number of carbonyl (C=O) groups is 1. The molecule has 2 rings (SSSR count). The van der Waals surface area contributed by atoms with Crippen LogP contribution in [0.4, 0.5) is 0 Å². The summed E-state index contributed by atoms with van der Waals surface area (Å²) in [6.07, 6.45) is 6.31. The quantitative estimate of drug-likeness (QED) is 0.806. The highest BCUT2D eigenvalue weighted by Gasteiger charge is 2.25. The molecule has 1 aromatic rings. The molecule has 100 valence electrons. The summed E-state index contributed by atoms with van der Waals surface area (Å²) in [6.45, 7) is 6.26. The van der Waals surface area contributed by atoms with Gasteiger partial charge in [-0.05, 0) is 38.7 Å². The summed E-state index contributed by atoms with van der Waals surface area (Å²) in [4.78, 5) is 11.2. The van der Waals surface area contributed by atoms with Crippen LogP contribution < -0.4 is 0 Å². The Kier molecular flexibility index (Phi) is 3.79. The highest BCUT2D eigenvalue weighted by molar-refractivity contribution is 5.89. The monoisotopic (exact) mass is 249 g/mol. The fraction of sp³-hybridized carbons (Fsp3) is 0.667. The third-order valence-corrected chi connectivity index (χ3v) is 4.36. The highest BCUT2D eigenvalue weighted by Crippen LogP contribution is 2.35. The highest BCUT2D eigenvalue weighted by atomic mass is 16.4. The van der Waals surface area contributed by atoms with Gasteiger partial charge in [0.15, 0.2) is 0 Å². The van der Waals surface area contributed by atoms with Crippen LogP contribution in [-0.4, -0.2) is 15.6 Å². The van der Waals surface area contributed by atoms with E-state index in [-0.39, 0.29) is 0 Å². The average Bonchev–Trinajstić information content (AvgIpc) is 2.49. The van der Waals surface area contributed by atoms with Crippen molar-refractivity contribution in [2.24, 2.45) is 5.92 Å². The van der Waals surface area contributed by atoms with Gasteiger partial charge in [-0.2, -0.15) is 0 Å². The van der Waals surface area contributed by atoms with Crippen molar-refractivity contribution in [2.45, 2.75) is 58.9 Å². The van der Waals surface area contributed by atoms with Crippen molar-refractivity contribution >= 4 is 5.97 Å². The first-order chi connectivity index (χ1) is 8.52. The number of carboxylic acid groups (broad SMARTS) is 1. The Labute approximate surface area is 109 Å². The molecule has 0 bridgehead atoms. The first-order valence-corrected chi connectivity index (χ1v) is 6.94. The van der Waals surface area contributed by atoms with Crippen LogP contribution >= 0.6 is 0 Å². The Bertz CT molecular complexity index is 448. The summed E-state index contributed by atoms with van der Waals surface area (Å²) in [7, 11) is 0. The van der Waals surface area contributed by atoms with Crippen LogP contribution in [0.3, 0.4) is 0 Å². The van der Waals surface area contributed by atoms with Gasteiger partial charge in [0.05, 0.1) is 5.56 Å². The molecule has 2 atom stereocenters. The molecule has 0 amide bonds. The molecule has 1 heterocycles. The molecule has 3 heteroatoms. The fourth-order valence-electron chi connectivity index (χ4n) is 3.36. The van der Waals surface area contributed by atoms with Crippen LogP contribution in [0, 0.1) is 19.8 Å². The maximum absolute atomic E-state index is 11.2. The number of rotatable bonds is 2. The molecule has 1 fully saturated rings. The SMILES string of the molecule is Cc1cc(C(=O)O)c(C)n1C1CCCCCC1C. The van der Waals surface area contributed by atoms with Gasteiger partial charge in [0.25, 0.3) is 0 Å². The number of carboxylic acids is 1. The minimum Gasteiger partial charge on any atom is -0.478 e. The molecule has 1 aliphatic carbocycles. The molecular weight excluding hydrogens is 226 g/mol. The van der Waals surface area contributed by atoms with Crippen molar-refractivity contribution in [3.8, 4) is 0 Å². The minimum atomic E-state index is -0.810. The van der Waals surface area contributed by atoms with E-state index >= 15 is 0 Å². The van der Waals surface area contributed by atoms with Crippen LogP contribution in [0.15, 0.2) is 6.07 Å². The lowest BCUT2D eigenvalue weighted by Crippen LogP contribution is -2.19. The normalized spacial score (nSPS) is 24.8. The smallest absolute Gasteiger partial charge is 0.337 e. The van der Waals surface area contributed by atoms with E-state index in [1.165, 1.54) is 32.1 Å². The summed E-state index contributed by atoms with van der Waals surface area (Å²) >= 11 is 0. The van der Waals surface area contributed by atoms with Crippen molar-refractivity contribution in [3.05, 3.63) is 23.0 Å². The second-order valence-corrected chi connectivity index (χ2v) is 5.64. The number of aromatic nitrogens is 1. The van der Waals surface area contributed by atoms with Crippen LogP contribution in [0.1, 0.15) is 66.8 Å². The van der Waals surface area contributed by atoms with Gasteiger partial charge < -0.3 is 9.67 Å². The van der Waals surface area contributed by atoms with Gasteiger partial charge in [-0.25, -0.2) is 4.79 Å². The predicted molar refractivity (Wildman–Crippen MR) is 72.2 cm³/mol. The number of aromatic carboxylic acids is 1. The lowest BCUT2D eigenvalue weighted by Gasteiger charge is -2.26. The van der Waals surface area contributed by atoms with Crippen LogP contribution in [0.5, 0.6) is 0 Å². The van der Waals surface area contributed by atoms with Gasteiger partial charge in [-0.1, -0.05) is 26.2 Å². The Hall–Kier alpha value is -1.25. The van der Waals surface area contributed by atoms with E-state index in [2.05, 4.69) is 11.5 Å². The van der Waals surface area contributed by atoms with Gasteiger partial charge in [0.2, 0.25) is 0 Å². The van der Waals surface area contributed by atoms with E-state index in [0.29, 0.717) is 17.5 Å². The number of hydrogen-bond acceptors (Lipinski definition) is 1. The van der Waals surface area contributed by atoms with E-state index in [4.69, 9.17) is 0 Å². The molecule has 1 N–H and O–H groups in total. The maximum atomic E-state index is 11.2. The van der Waals surface area contributed by atoms with Gasteiger partial charge in [-0.3, -0.25) is 0 Å². The van der Waals surface area contributed by atoms with Crippen molar-refractivity contribution in [2.75, 3.05) is 0 Å². The first kappa shape index (κ1) is 13.2. The Morgan fingerprint density at radius 1 is 1.28 bits per heavy atom. The molecule has 1 aliphatic rings. The second kappa shape index (κ2) is 5.17. The van der Waals surface area contributed by atoms with Crippen molar-refractivity contribution in [1.82, 2.24) is 4.57 Å².